The third-order valence-electron chi connectivity index (χ3n) is 3.07. The van der Waals surface area contributed by atoms with Crippen LogP contribution in [0.3, 0.4) is 0 Å². The summed E-state index contributed by atoms with van der Waals surface area (Å²) in [6, 6.07) is 1.24. The molecule has 0 radical (unpaired) electrons. The molecule has 0 aromatic heterocycles. The smallest absolute Gasteiger partial charge is 0.0287 e. The Hall–Kier alpha value is -0.560. The molecule has 1 aliphatic heterocycles. The Balaban J connectivity index is 2.14. The van der Waals surface area contributed by atoms with E-state index in [4.69, 9.17) is 0 Å². The summed E-state index contributed by atoms with van der Waals surface area (Å²) in [5.74, 6) is 0. The maximum Gasteiger partial charge on any atom is 0.0287 e. The fourth-order valence-electron chi connectivity index (χ4n) is 2.18. The van der Waals surface area contributed by atoms with E-state index in [0.29, 0.717) is 12.1 Å². The molecule has 0 aromatic carbocycles. The van der Waals surface area contributed by atoms with Gasteiger partial charge in [-0.2, -0.15) is 0 Å². The van der Waals surface area contributed by atoms with Crippen LogP contribution in [0.5, 0.6) is 0 Å². The molecule has 2 atom stereocenters. The van der Waals surface area contributed by atoms with E-state index < -0.39 is 0 Å². The Labute approximate surface area is 94.6 Å². The van der Waals surface area contributed by atoms with Crippen LogP contribution in [0.2, 0.25) is 0 Å². The monoisotopic (exact) mass is 207 g/mol. The second-order valence-corrected chi connectivity index (χ2v) is 4.51. The predicted molar refractivity (Wildman–Crippen MR) is 68.0 cm³/mol. The first-order valence-corrected chi connectivity index (χ1v) is 6.40. The van der Waals surface area contributed by atoms with Crippen LogP contribution in [0.4, 0.5) is 0 Å². The number of nitrogens with one attached hydrogen (secondary N) is 1. The third kappa shape index (κ3) is 5.17. The maximum atomic E-state index is 3.79. The number of hydrogen-bond donors (Lipinski definition) is 1. The van der Waals surface area contributed by atoms with Gasteiger partial charge in [0.2, 0.25) is 0 Å². The van der Waals surface area contributed by atoms with E-state index >= 15 is 0 Å². The lowest BCUT2D eigenvalue weighted by molar-refractivity contribution is 0.413. The molecule has 0 saturated heterocycles. The van der Waals surface area contributed by atoms with Crippen molar-refractivity contribution in [3.63, 3.8) is 0 Å². The molecule has 0 unspecified atom stereocenters. The predicted octanol–water partition coefficient (Wildman–Crippen LogP) is 3.82. The van der Waals surface area contributed by atoms with Crippen molar-refractivity contribution >= 4 is 0 Å². The summed E-state index contributed by atoms with van der Waals surface area (Å²) in [4.78, 5) is 0. The van der Waals surface area contributed by atoms with Gasteiger partial charge in [0.15, 0.2) is 0 Å². The first kappa shape index (κ1) is 12.5. The quantitative estimate of drug-likeness (QED) is 0.494. The van der Waals surface area contributed by atoms with Crippen LogP contribution in [0.15, 0.2) is 24.8 Å². The van der Waals surface area contributed by atoms with Gasteiger partial charge in [-0.25, -0.2) is 0 Å². The highest BCUT2D eigenvalue weighted by Crippen LogP contribution is 2.14. The molecule has 86 valence electrons. The van der Waals surface area contributed by atoms with Crippen molar-refractivity contribution in [1.29, 1.82) is 0 Å². The first-order chi connectivity index (χ1) is 7.36. The van der Waals surface area contributed by atoms with Crippen molar-refractivity contribution in [2.45, 2.75) is 64.0 Å². The highest BCUT2D eigenvalue weighted by Gasteiger charge is 2.14. The molecular formula is C14H25N. The Morgan fingerprint density at radius 1 is 1.40 bits per heavy atom. The Morgan fingerprint density at radius 3 is 3.00 bits per heavy atom. The molecule has 1 rings (SSSR count). The van der Waals surface area contributed by atoms with Crippen molar-refractivity contribution in [1.82, 2.24) is 5.32 Å². The van der Waals surface area contributed by atoms with Gasteiger partial charge < -0.3 is 5.32 Å². The minimum atomic E-state index is 0.535. The van der Waals surface area contributed by atoms with Crippen molar-refractivity contribution in [3.8, 4) is 0 Å². The average molecular weight is 207 g/mol. The average Bonchev–Trinajstić information content (AvgIpc) is 2.26. The van der Waals surface area contributed by atoms with E-state index in [9.17, 15) is 0 Å². The molecule has 0 fully saturated rings. The SMILES string of the molecule is C=CC[C@H]1C=CC[C@@H](CCCCCC)N1. The maximum absolute atomic E-state index is 3.79. The topological polar surface area (TPSA) is 12.0 Å². The molecule has 1 nitrogen and oxygen atoms in total. The minimum absolute atomic E-state index is 0.535. The summed E-state index contributed by atoms with van der Waals surface area (Å²) in [7, 11) is 0. The summed E-state index contributed by atoms with van der Waals surface area (Å²) >= 11 is 0. The molecule has 0 spiro atoms. The first-order valence-electron chi connectivity index (χ1n) is 6.40. The molecule has 1 aliphatic rings. The molecule has 1 N–H and O–H groups in total. The number of hydrogen-bond acceptors (Lipinski definition) is 1. The number of unbranched alkanes of at least 4 members (excludes halogenated alkanes) is 3. The zero-order chi connectivity index (χ0) is 10.9. The van der Waals surface area contributed by atoms with Crippen LogP contribution >= 0.6 is 0 Å². The van der Waals surface area contributed by atoms with Gasteiger partial charge in [-0.05, 0) is 19.3 Å². The molecule has 15 heavy (non-hydrogen) atoms. The molecule has 1 heterocycles. The van der Waals surface area contributed by atoms with Gasteiger partial charge >= 0.3 is 0 Å². The van der Waals surface area contributed by atoms with Crippen LogP contribution in [-0.2, 0) is 0 Å². The van der Waals surface area contributed by atoms with Gasteiger partial charge in [0, 0.05) is 12.1 Å². The lowest BCUT2D eigenvalue weighted by atomic mass is 9.98. The summed E-state index contributed by atoms with van der Waals surface area (Å²) in [5, 5.41) is 3.67. The Bertz CT molecular complexity index is 196. The van der Waals surface area contributed by atoms with Crippen LogP contribution in [0.25, 0.3) is 0 Å². The van der Waals surface area contributed by atoms with Crippen molar-refractivity contribution in [2.75, 3.05) is 0 Å². The van der Waals surface area contributed by atoms with E-state index in [2.05, 4.69) is 31.0 Å². The highest BCUT2D eigenvalue weighted by molar-refractivity contribution is 5.03. The largest absolute Gasteiger partial charge is 0.307 e. The van der Waals surface area contributed by atoms with E-state index in [1.165, 1.54) is 38.5 Å². The highest BCUT2D eigenvalue weighted by atomic mass is 14.9. The fraction of sp³-hybridized carbons (Fsp3) is 0.714. The fourth-order valence-corrected chi connectivity index (χ4v) is 2.18. The minimum Gasteiger partial charge on any atom is -0.307 e. The Kier molecular flexibility index (Phi) is 6.42. The molecular weight excluding hydrogens is 182 g/mol. The van der Waals surface area contributed by atoms with Crippen LogP contribution in [0.1, 0.15) is 51.9 Å². The molecule has 0 aromatic rings. The van der Waals surface area contributed by atoms with Gasteiger partial charge in [-0.3, -0.25) is 0 Å². The summed E-state index contributed by atoms with van der Waals surface area (Å²) in [6.07, 6.45) is 15.7. The van der Waals surface area contributed by atoms with Crippen molar-refractivity contribution < 1.29 is 0 Å². The Morgan fingerprint density at radius 2 is 2.27 bits per heavy atom. The van der Waals surface area contributed by atoms with E-state index in [1.807, 2.05) is 6.08 Å². The number of rotatable bonds is 7. The molecule has 0 aliphatic carbocycles. The third-order valence-corrected chi connectivity index (χ3v) is 3.07. The standard InChI is InChI=1S/C14H25N/c1-3-5-6-7-10-14-12-8-11-13(15-14)9-4-2/h4,8,11,13-15H,2-3,5-7,9-10,12H2,1H3/t13-,14+/m0/s1. The van der Waals surface area contributed by atoms with Crippen LogP contribution < -0.4 is 5.32 Å². The van der Waals surface area contributed by atoms with E-state index in [-0.39, 0.29) is 0 Å². The van der Waals surface area contributed by atoms with Gasteiger partial charge in [0.1, 0.15) is 0 Å². The molecule has 0 saturated carbocycles. The lowest BCUT2D eigenvalue weighted by Crippen LogP contribution is -2.39. The summed E-state index contributed by atoms with van der Waals surface area (Å²) in [5.41, 5.74) is 0. The van der Waals surface area contributed by atoms with E-state index in [0.717, 1.165) is 6.42 Å². The van der Waals surface area contributed by atoms with Gasteiger partial charge in [-0.15, -0.1) is 6.58 Å². The lowest BCUT2D eigenvalue weighted by Gasteiger charge is -2.26. The van der Waals surface area contributed by atoms with Crippen LogP contribution in [0, 0.1) is 0 Å². The van der Waals surface area contributed by atoms with Crippen LogP contribution in [-0.4, -0.2) is 12.1 Å². The molecule has 0 amide bonds. The second-order valence-electron chi connectivity index (χ2n) is 4.51. The summed E-state index contributed by atoms with van der Waals surface area (Å²) < 4.78 is 0. The van der Waals surface area contributed by atoms with Gasteiger partial charge in [-0.1, -0.05) is 50.8 Å². The second kappa shape index (κ2) is 7.70. The van der Waals surface area contributed by atoms with Gasteiger partial charge in [0.05, 0.1) is 0 Å². The molecule has 0 bridgehead atoms. The zero-order valence-corrected chi connectivity index (χ0v) is 10.0. The molecule has 1 heteroatoms. The normalized spacial score (nSPS) is 25.4. The van der Waals surface area contributed by atoms with E-state index in [1.54, 1.807) is 0 Å². The zero-order valence-electron chi connectivity index (χ0n) is 10.0. The van der Waals surface area contributed by atoms with Crippen molar-refractivity contribution in [2.24, 2.45) is 0 Å². The van der Waals surface area contributed by atoms with Crippen molar-refractivity contribution in [3.05, 3.63) is 24.8 Å². The summed E-state index contributed by atoms with van der Waals surface area (Å²) in [6.45, 7) is 6.06. The van der Waals surface area contributed by atoms with Gasteiger partial charge in [0.25, 0.3) is 0 Å².